The van der Waals surface area contributed by atoms with Crippen LogP contribution in [0.15, 0.2) is 76.2 Å². The quantitative estimate of drug-likeness (QED) is 0.557. The number of halogens is 1. The minimum atomic E-state index is -3.63. The Labute approximate surface area is 188 Å². The average molecular weight is 458 g/mol. The average Bonchev–Trinajstić information content (AvgIpc) is 3.35. The van der Waals surface area contributed by atoms with E-state index in [-0.39, 0.29) is 23.3 Å². The molecule has 1 saturated heterocycles. The molecule has 1 unspecified atom stereocenters. The van der Waals surface area contributed by atoms with Gasteiger partial charge < -0.3 is 9.32 Å². The van der Waals surface area contributed by atoms with Crippen molar-refractivity contribution in [2.45, 2.75) is 24.3 Å². The molecule has 3 aromatic rings. The van der Waals surface area contributed by atoms with Gasteiger partial charge in [0, 0.05) is 38.4 Å². The van der Waals surface area contributed by atoms with Crippen molar-refractivity contribution in [1.29, 1.82) is 0 Å². The second-order valence-electron chi connectivity index (χ2n) is 7.88. The number of sulfonamides is 1. The Morgan fingerprint density at radius 2 is 1.69 bits per heavy atom. The lowest BCUT2D eigenvalue weighted by Crippen LogP contribution is -2.49. The Bertz CT molecular complexity index is 1090. The molecule has 170 valence electrons. The molecular formula is C24H28FN3O3S. The highest BCUT2D eigenvalue weighted by molar-refractivity contribution is 7.89. The summed E-state index contributed by atoms with van der Waals surface area (Å²) in [7, 11) is -3.63. The largest absolute Gasteiger partial charge is 0.468 e. The molecule has 1 N–H and O–H groups in total. The van der Waals surface area contributed by atoms with Crippen LogP contribution in [0.2, 0.25) is 0 Å². The van der Waals surface area contributed by atoms with E-state index >= 15 is 0 Å². The van der Waals surface area contributed by atoms with E-state index < -0.39 is 10.0 Å². The maximum atomic E-state index is 13.2. The lowest BCUT2D eigenvalue weighted by atomic mass is 10.1. The molecular weight excluding hydrogens is 429 g/mol. The Kier molecular flexibility index (Phi) is 6.93. The molecule has 1 atom stereocenters. The van der Waals surface area contributed by atoms with E-state index in [9.17, 15) is 12.8 Å². The van der Waals surface area contributed by atoms with Crippen molar-refractivity contribution in [2.75, 3.05) is 37.6 Å². The first-order valence-corrected chi connectivity index (χ1v) is 12.3. The van der Waals surface area contributed by atoms with Crippen molar-refractivity contribution in [2.24, 2.45) is 0 Å². The van der Waals surface area contributed by atoms with Gasteiger partial charge in [0.1, 0.15) is 11.6 Å². The van der Waals surface area contributed by atoms with E-state index in [1.54, 1.807) is 30.5 Å². The number of aryl methyl sites for hydroxylation is 1. The Balaban J connectivity index is 1.43. The number of hydrogen-bond acceptors (Lipinski definition) is 5. The topological polar surface area (TPSA) is 65.8 Å². The van der Waals surface area contributed by atoms with Crippen LogP contribution in [0.3, 0.4) is 0 Å². The maximum Gasteiger partial charge on any atom is 0.240 e. The predicted octanol–water partition coefficient (Wildman–Crippen LogP) is 3.82. The fraction of sp³-hybridized carbons (Fsp3) is 0.333. The number of nitrogens with one attached hydrogen (secondary N) is 1. The molecule has 0 spiro atoms. The van der Waals surface area contributed by atoms with Gasteiger partial charge in [-0.05, 0) is 60.5 Å². The van der Waals surface area contributed by atoms with Crippen molar-refractivity contribution in [3.63, 3.8) is 0 Å². The number of furan rings is 1. The molecule has 1 aromatic heterocycles. The highest BCUT2D eigenvalue weighted by Crippen LogP contribution is 2.25. The third-order valence-electron chi connectivity index (χ3n) is 5.93. The summed E-state index contributed by atoms with van der Waals surface area (Å²) >= 11 is 0. The first-order valence-electron chi connectivity index (χ1n) is 10.8. The molecule has 1 aliphatic heterocycles. The molecule has 32 heavy (non-hydrogen) atoms. The van der Waals surface area contributed by atoms with Gasteiger partial charge in [-0.15, -0.1) is 0 Å². The van der Waals surface area contributed by atoms with Crippen LogP contribution < -0.4 is 9.62 Å². The van der Waals surface area contributed by atoms with Crippen molar-refractivity contribution in [3.8, 4) is 0 Å². The van der Waals surface area contributed by atoms with E-state index in [2.05, 4.69) is 14.5 Å². The van der Waals surface area contributed by atoms with Crippen LogP contribution in [0.25, 0.3) is 0 Å². The normalized spacial score (nSPS) is 16.2. The molecule has 1 fully saturated rings. The van der Waals surface area contributed by atoms with Crippen LogP contribution in [-0.2, 0) is 16.4 Å². The van der Waals surface area contributed by atoms with Gasteiger partial charge in [0.15, 0.2) is 0 Å². The molecule has 0 radical (unpaired) electrons. The predicted molar refractivity (Wildman–Crippen MR) is 123 cm³/mol. The minimum Gasteiger partial charge on any atom is -0.468 e. The molecule has 6 nitrogen and oxygen atoms in total. The molecule has 1 aliphatic rings. The molecule has 2 heterocycles. The van der Waals surface area contributed by atoms with Gasteiger partial charge in [0.25, 0.3) is 0 Å². The summed E-state index contributed by atoms with van der Waals surface area (Å²) in [6.07, 6.45) is 2.47. The summed E-state index contributed by atoms with van der Waals surface area (Å²) in [4.78, 5) is 4.69. The summed E-state index contributed by atoms with van der Waals surface area (Å²) in [5.41, 5.74) is 2.08. The Morgan fingerprint density at radius 3 is 2.28 bits per heavy atom. The zero-order chi connectivity index (χ0) is 22.6. The monoisotopic (exact) mass is 457 g/mol. The lowest BCUT2D eigenvalue weighted by molar-refractivity contribution is 0.166. The highest BCUT2D eigenvalue weighted by atomic mass is 32.2. The van der Waals surface area contributed by atoms with E-state index in [1.807, 2.05) is 31.2 Å². The number of piperazine rings is 1. The van der Waals surface area contributed by atoms with E-state index in [4.69, 9.17) is 4.42 Å². The van der Waals surface area contributed by atoms with Gasteiger partial charge >= 0.3 is 0 Å². The Morgan fingerprint density at radius 1 is 1.00 bits per heavy atom. The fourth-order valence-electron chi connectivity index (χ4n) is 4.01. The standard InChI is InChI=1S/C24H28FN3O3S/c1-2-19-5-11-22(12-6-19)32(29,30)26-18-23(24-4-3-17-31-24)28-15-13-27(14-16-28)21-9-7-20(25)8-10-21/h3-12,17,23,26H,2,13-16,18H2,1H3. The van der Waals surface area contributed by atoms with Crippen LogP contribution in [0, 0.1) is 5.82 Å². The van der Waals surface area contributed by atoms with Crippen LogP contribution in [0.1, 0.15) is 24.3 Å². The SMILES string of the molecule is CCc1ccc(S(=O)(=O)NCC(c2ccco2)N2CCN(c3ccc(F)cc3)CC2)cc1. The molecule has 0 amide bonds. The van der Waals surface area contributed by atoms with Gasteiger partial charge in [-0.2, -0.15) is 0 Å². The van der Waals surface area contributed by atoms with Crippen LogP contribution >= 0.6 is 0 Å². The summed E-state index contributed by atoms with van der Waals surface area (Å²) in [6.45, 7) is 5.22. The zero-order valence-corrected chi connectivity index (χ0v) is 18.9. The molecule has 2 aromatic carbocycles. The second kappa shape index (κ2) is 9.85. The summed E-state index contributed by atoms with van der Waals surface area (Å²) in [6, 6.07) is 16.9. The first-order chi connectivity index (χ1) is 15.5. The highest BCUT2D eigenvalue weighted by Gasteiger charge is 2.28. The molecule has 8 heteroatoms. The fourth-order valence-corrected chi connectivity index (χ4v) is 5.05. The lowest BCUT2D eigenvalue weighted by Gasteiger charge is -2.39. The number of rotatable bonds is 8. The van der Waals surface area contributed by atoms with Gasteiger partial charge in [-0.1, -0.05) is 19.1 Å². The summed E-state index contributed by atoms with van der Waals surface area (Å²) < 4.78 is 47.3. The molecule has 4 rings (SSSR count). The summed E-state index contributed by atoms with van der Waals surface area (Å²) in [5, 5.41) is 0. The van der Waals surface area contributed by atoms with Crippen LogP contribution in [0.5, 0.6) is 0 Å². The number of hydrogen-bond donors (Lipinski definition) is 1. The van der Waals surface area contributed by atoms with Crippen molar-refractivity contribution in [1.82, 2.24) is 9.62 Å². The maximum absolute atomic E-state index is 13.2. The van der Waals surface area contributed by atoms with Crippen molar-refractivity contribution < 1.29 is 17.2 Å². The van der Waals surface area contributed by atoms with Gasteiger partial charge in [-0.3, -0.25) is 4.90 Å². The number of benzene rings is 2. The molecule has 0 bridgehead atoms. The smallest absolute Gasteiger partial charge is 0.240 e. The van der Waals surface area contributed by atoms with Gasteiger partial charge in [-0.25, -0.2) is 17.5 Å². The van der Waals surface area contributed by atoms with E-state index in [0.29, 0.717) is 0 Å². The van der Waals surface area contributed by atoms with Gasteiger partial charge in [0.05, 0.1) is 17.2 Å². The second-order valence-corrected chi connectivity index (χ2v) is 9.65. The molecule has 0 saturated carbocycles. The number of nitrogens with zero attached hydrogens (tertiary/aromatic N) is 2. The Hall–Kier alpha value is -2.68. The summed E-state index contributed by atoms with van der Waals surface area (Å²) in [5.74, 6) is 0.478. The number of anilines is 1. The molecule has 0 aliphatic carbocycles. The van der Waals surface area contributed by atoms with E-state index in [1.165, 1.54) is 12.1 Å². The third-order valence-corrected chi connectivity index (χ3v) is 7.37. The van der Waals surface area contributed by atoms with Crippen molar-refractivity contribution >= 4 is 15.7 Å². The third kappa shape index (κ3) is 5.20. The van der Waals surface area contributed by atoms with Crippen molar-refractivity contribution in [3.05, 3.63) is 84.1 Å². The first kappa shape index (κ1) is 22.5. The zero-order valence-electron chi connectivity index (χ0n) is 18.1. The van der Waals surface area contributed by atoms with Crippen LogP contribution in [0.4, 0.5) is 10.1 Å². The van der Waals surface area contributed by atoms with Crippen LogP contribution in [-0.4, -0.2) is 46.0 Å². The van der Waals surface area contributed by atoms with Gasteiger partial charge in [0.2, 0.25) is 10.0 Å². The van der Waals surface area contributed by atoms with E-state index in [0.717, 1.165) is 49.6 Å². The minimum absolute atomic E-state index is 0.210.